The Morgan fingerprint density at radius 2 is 1.76 bits per heavy atom. The van der Waals surface area contributed by atoms with Crippen LogP contribution < -0.4 is 19.5 Å². The lowest BCUT2D eigenvalue weighted by molar-refractivity contribution is -0.240. The number of cyclic esters (lactones) is 2. The van der Waals surface area contributed by atoms with Gasteiger partial charge in [0.2, 0.25) is 0 Å². The van der Waals surface area contributed by atoms with Crippen LogP contribution in [0.1, 0.15) is 5.56 Å². The lowest BCUT2D eigenvalue weighted by atomic mass is 10.2. The van der Waals surface area contributed by atoms with Crippen molar-refractivity contribution in [3.8, 4) is 17.2 Å². The van der Waals surface area contributed by atoms with Crippen LogP contribution in [0, 0.1) is 6.92 Å². The number of benzene rings is 2. The van der Waals surface area contributed by atoms with Gasteiger partial charge in [0.05, 0.1) is 17.9 Å². The summed E-state index contributed by atoms with van der Waals surface area (Å²) in [5, 5.41) is 13.3. The molecule has 1 aliphatic rings. The van der Waals surface area contributed by atoms with Crippen molar-refractivity contribution < 1.29 is 42.6 Å². The second kappa shape index (κ2) is 10.6. The molecule has 3 rings (SSSR count). The molecule has 0 radical (unpaired) electrons. The van der Waals surface area contributed by atoms with Crippen molar-refractivity contribution in [1.29, 1.82) is 0 Å². The van der Waals surface area contributed by atoms with E-state index in [2.05, 4.69) is 5.32 Å². The molecular weight excluding hydrogens is 454 g/mol. The van der Waals surface area contributed by atoms with Crippen LogP contribution in [-0.2, 0) is 29.9 Å². The Hall–Kier alpha value is -3.15. The van der Waals surface area contributed by atoms with Crippen LogP contribution in [0.25, 0.3) is 0 Å². The number of nitrogens with one attached hydrogen (secondary N) is 1. The molecule has 0 aliphatic carbocycles. The first-order chi connectivity index (χ1) is 15.8. The first-order valence-corrected chi connectivity index (χ1v) is 11.5. The molecule has 1 fully saturated rings. The summed E-state index contributed by atoms with van der Waals surface area (Å²) >= 11 is 0. The third-order valence-corrected chi connectivity index (χ3v) is 5.81. The van der Waals surface area contributed by atoms with Gasteiger partial charge in [-0.2, -0.15) is 0 Å². The molecule has 2 N–H and O–H groups in total. The fraction of sp³-hybridized carbons (Fsp3) is 0.364. The van der Waals surface area contributed by atoms with Gasteiger partial charge in [-0.15, -0.1) is 0 Å². The van der Waals surface area contributed by atoms with E-state index < -0.39 is 34.8 Å². The Morgan fingerprint density at radius 3 is 2.36 bits per heavy atom. The predicted octanol–water partition coefficient (Wildman–Crippen LogP) is 0.903. The molecule has 0 saturated carbocycles. The fourth-order valence-electron chi connectivity index (χ4n) is 3.12. The van der Waals surface area contributed by atoms with Gasteiger partial charge in [0, 0.05) is 23.8 Å². The van der Waals surface area contributed by atoms with Gasteiger partial charge in [0.15, 0.2) is 17.6 Å². The van der Waals surface area contributed by atoms with Crippen LogP contribution in [0.5, 0.6) is 17.2 Å². The van der Waals surface area contributed by atoms with E-state index in [0.717, 1.165) is 5.56 Å². The zero-order chi connectivity index (χ0) is 24.0. The molecule has 1 heterocycles. The number of para-hydroxylation sites is 1. The van der Waals surface area contributed by atoms with E-state index in [0.29, 0.717) is 22.1 Å². The fourth-order valence-corrected chi connectivity index (χ4v) is 3.90. The van der Waals surface area contributed by atoms with Crippen molar-refractivity contribution in [3.05, 3.63) is 48.0 Å². The van der Waals surface area contributed by atoms with E-state index in [4.69, 9.17) is 23.7 Å². The van der Waals surface area contributed by atoms with E-state index in [9.17, 15) is 18.9 Å². The SMILES string of the molecule is COc1cc(S(C)=O)c(C)cc1OCCNC1(C(O)COc2ccccc2)OC(=O)C(=O)O1. The lowest BCUT2D eigenvalue weighted by Gasteiger charge is -2.30. The Balaban J connectivity index is 1.64. The average Bonchev–Trinajstić information content (AvgIpc) is 3.10. The first-order valence-electron chi connectivity index (χ1n) is 9.98. The number of methoxy groups -OCH3 is 1. The quantitative estimate of drug-likeness (QED) is 0.272. The first kappa shape index (κ1) is 24.5. The minimum absolute atomic E-state index is 0.0205. The van der Waals surface area contributed by atoms with E-state index in [1.54, 1.807) is 55.6 Å². The molecule has 1 saturated heterocycles. The smallest absolute Gasteiger partial charge is 0.422 e. The van der Waals surface area contributed by atoms with Gasteiger partial charge in [0.1, 0.15) is 19.0 Å². The zero-order valence-corrected chi connectivity index (χ0v) is 19.2. The van der Waals surface area contributed by atoms with Crippen molar-refractivity contribution >= 4 is 22.7 Å². The number of carbonyl (C=O) groups is 2. The molecule has 33 heavy (non-hydrogen) atoms. The average molecular weight is 480 g/mol. The Kier molecular flexibility index (Phi) is 7.90. The predicted molar refractivity (Wildman–Crippen MR) is 116 cm³/mol. The maximum Gasteiger partial charge on any atom is 0.422 e. The van der Waals surface area contributed by atoms with Gasteiger partial charge in [-0.05, 0) is 30.7 Å². The third kappa shape index (κ3) is 5.81. The molecule has 0 aromatic heterocycles. The van der Waals surface area contributed by atoms with Crippen molar-refractivity contribution in [3.63, 3.8) is 0 Å². The van der Waals surface area contributed by atoms with Crippen LogP contribution in [0.2, 0.25) is 0 Å². The zero-order valence-electron chi connectivity index (χ0n) is 18.4. The molecule has 2 atom stereocenters. The minimum atomic E-state index is -2.12. The van der Waals surface area contributed by atoms with E-state index in [1.807, 2.05) is 0 Å². The van der Waals surface area contributed by atoms with Crippen molar-refractivity contribution in [2.24, 2.45) is 0 Å². The highest BCUT2D eigenvalue weighted by molar-refractivity contribution is 7.84. The van der Waals surface area contributed by atoms with Crippen LogP contribution in [0.3, 0.4) is 0 Å². The number of hydrogen-bond donors (Lipinski definition) is 2. The monoisotopic (exact) mass is 479 g/mol. The molecule has 1 aliphatic heterocycles. The Bertz CT molecular complexity index is 1010. The number of aliphatic hydroxyl groups is 1. The number of ether oxygens (including phenoxy) is 5. The summed E-state index contributed by atoms with van der Waals surface area (Å²) in [6, 6.07) is 12.0. The van der Waals surface area contributed by atoms with E-state index in [-0.39, 0.29) is 19.8 Å². The number of hydrogen-bond acceptors (Lipinski definition) is 10. The highest BCUT2D eigenvalue weighted by Crippen LogP contribution is 2.32. The van der Waals surface area contributed by atoms with Gasteiger partial charge in [-0.1, -0.05) is 18.2 Å². The number of esters is 2. The maximum absolute atomic E-state index is 11.8. The molecule has 2 aromatic rings. The molecule has 178 valence electrons. The molecule has 11 heteroatoms. The van der Waals surface area contributed by atoms with Crippen molar-refractivity contribution in [2.45, 2.75) is 23.8 Å². The number of rotatable bonds is 11. The highest BCUT2D eigenvalue weighted by Gasteiger charge is 2.54. The molecule has 0 bridgehead atoms. The van der Waals surface area contributed by atoms with Gasteiger partial charge >= 0.3 is 17.8 Å². The minimum Gasteiger partial charge on any atom is -0.493 e. The summed E-state index contributed by atoms with van der Waals surface area (Å²) < 4.78 is 38.4. The van der Waals surface area contributed by atoms with Crippen LogP contribution >= 0.6 is 0 Å². The van der Waals surface area contributed by atoms with Gasteiger partial charge in [0.25, 0.3) is 0 Å². The summed E-state index contributed by atoms with van der Waals surface area (Å²) in [7, 11) is 0.278. The van der Waals surface area contributed by atoms with Gasteiger partial charge in [-0.3, -0.25) is 4.21 Å². The summed E-state index contributed by atoms with van der Waals surface area (Å²) in [6.45, 7) is 1.54. The second-order valence-corrected chi connectivity index (χ2v) is 8.43. The van der Waals surface area contributed by atoms with Gasteiger partial charge in [-0.25, -0.2) is 14.9 Å². The molecule has 0 spiro atoms. The summed E-state index contributed by atoms with van der Waals surface area (Å²) in [6.07, 6.45) is 0.0477. The van der Waals surface area contributed by atoms with Crippen molar-refractivity contribution in [2.75, 3.05) is 33.1 Å². The van der Waals surface area contributed by atoms with E-state index >= 15 is 0 Å². The summed E-state index contributed by atoms with van der Waals surface area (Å²) in [4.78, 5) is 24.0. The third-order valence-electron chi connectivity index (χ3n) is 4.75. The van der Waals surface area contributed by atoms with Crippen LogP contribution in [0.15, 0.2) is 47.4 Å². The maximum atomic E-state index is 11.8. The topological polar surface area (TPSA) is 130 Å². The van der Waals surface area contributed by atoms with Gasteiger partial charge < -0.3 is 28.8 Å². The normalized spacial score (nSPS) is 16.5. The summed E-state index contributed by atoms with van der Waals surface area (Å²) in [5.41, 5.74) is 0.767. The van der Waals surface area contributed by atoms with E-state index in [1.165, 1.54) is 7.11 Å². The largest absolute Gasteiger partial charge is 0.493 e. The van der Waals surface area contributed by atoms with Crippen molar-refractivity contribution in [1.82, 2.24) is 5.32 Å². The Morgan fingerprint density at radius 1 is 1.09 bits per heavy atom. The van der Waals surface area contributed by atoms with Crippen LogP contribution in [-0.4, -0.2) is 66.4 Å². The number of aliphatic hydroxyl groups excluding tert-OH is 1. The lowest BCUT2D eigenvalue weighted by Crippen LogP contribution is -2.58. The molecular formula is C22H25NO9S. The Labute approximate surface area is 193 Å². The highest BCUT2D eigenvalue weighted by atomic mass is 32.2. The number of aryl methyl sites for hydroxylation is 1. The van der Waals surface area contributed by atoms with Crippen LogP contribution in [0.4, 0.5) is 0 Å². The molecule has 2 aromatic carbocycles. The number of carbonyl (C=O) groups excluding carboxylic acids is 2. The molecule has 0 amide bonds. The standard InChI is InChI=1S/C22H25NO9S/c1-14-11-17(16(28-2)12-18(14)33(3)27)29-10-9-23-22(31-20(25)21(26)32-22)19(24)13-30-15-7-5-4-6-8-15/h4-8,11-12,19,23-24H,9-10,13H2,1-3H3. The molecule has 10 nitrogen and oxygen atoms in total. The summed E-state index contributed by atoms with van der Waals surface area (Å²) in [5.74, 6) is -3.30. The molecule has 2 unspecified atom stereocenters. The second-order valence-electron chi connectivity index (χ2n) is 7.08.